The predicted molar refractivity (Wildman–Crippen MR) is 152 cm³/mol. The molecule has 1 aliphatic rings. The van der Waals surface area contributed by atoms with E-state index >= 15 is 0 Å². The summed E-state index contributed by atoms with van der Waals surface area (Å²) in [5.74, 6) is -4.68. The van der Waals surface area contributed by atoms with Crippen molar-refractivity contribution in [1.82, 2.24) is 20.2 Å². The average molecular weight is 613 g/mol. The molecular weight excluding hydrogens is 579 g/mol. The fourth-order valence-corrected chi connectivity index (χ4v) is 4.81. The summed E-state index contributed by atoms with van der Waals surface area (Å²) in [4.78, 5) is 52.9. The Morgan fingerprint density at radius 1 is 0.955 bits per heavy atom. The molecule has 1 amide bonds. The van der Waals surface area contributed by atoms with Crippen molar-refractivity contribution in [2.75, 3.05) is 13.1 Å². The Morgan fingerprint density at radius 2 is 1.55 bits per heavy atom. The second-order valence-corrected chi connectivity index (χ2v) is 10.3. The molecule has 4 rings (SSSR count). The van der Waals surface area contributed by atoms with Crippen molar-refractivity contribution in [2.45, 2.75) is 50.3 Å². The van der Waals surface area contributed by atoms with Gasteiger partial charge in [0.2, 0.25) is 5.91 Å². The van der Waals surface area contributed by atoms with Crippen molar-refractivity contribution in [3.8, 4) is 11.8 Å². The minimum atomic E-state index is -2.74. The van der Waals surface area contributed by atoms with E-state index in [-0.39, 0.29) is 11.7 Å². The largest absolute Gasteiger partial charge is 0.481 e. The minimum absolute atomic E-state index is 0.0780. The lowest BCUT2D eigenvalue weighted by atomic mass is 9.80. The summed E-state index contributed by atoms with van der Waals surface area (Å²) in [6.07, 6.45) is 2.51. The summed E-state index contributed by atoms with van der Waals surface area (Å²) in [5.41, 5.74) is -1.13. The van der Waals surface area contributed by atoms with Crippen molar-refractivity contribution in [2.24, 2.45) is 0 Å². The van der Waals surface area contributed by atoms with Gasteiger partial charge in [-0.15, -0.1) is 0 Å². The second kappa shape index (κ2) is 15.0. The number of likely N-dealkylation sites (tertiary alicyclic amines) is 1. The summed E-state index contributed by atoms with van der Waals surface area (Å²) in [7, 11) is 0. The molecule has 1 aliphatic heterocycles. The molecule has 0 saturated carbocycles. The van der Waals surface area contributed by atoms with E-state index in [1.54, 1.807) is 30.6 Å². The summed E-state index contributed by atoms with van der Waals surface area (Å²) in [5, 5.41) is 36.9. The third kappa shape index (κ3) is 9.81. The highest BCUT2D eigenvalue weighted by Gasteiger charge is 2.41. The number of aliphatic carboxylic acids is 3. The van der Waals surface area contributed by atoms with Crippen molar-refractivity contribution >= 4 is 23.8 Å². The van der Waals surface area contributed by atoms with E-state index in [2.05, 4.69) is 26.3 Å². The lowest BCUT2D eigenvalue weighted by Crippen LogP contribution is -2.52. The van der Waals surface area contributed by atoms with E-state index in [0.717, 1.165) is 43.6 Å². The predicted octanol–water partition coefficient (Wildman–Crippen LogP) is 2.79. The minimum Gasteiger partial charge on any atom is -0.481 e. The molecule has 0 bridgehead atoms. The number of piperidine rings is 1. The molecule has 1 saturated heterocycles. The summed E-state index contributed by atoms with van der Waals surface area (Å²) in [6.45, 7) is 3.92. The van der Waals surface area contributed by atoms with Gasteiger partial charge < -0.3 is 30.5 Å². The smallest absolute Gasteiger partial charge is 0.336 e. The van der Waals surface area contributed by atoms with Crippen LogP contribution in [0, 0.1) is 5.82 Å². The first kappa shape index (κ1) is 33.6. The van der Waals surface area contributed by atoms with Crippen LogP contribution in [-0.2, 0) is 31.3 Å². The lowest BCUT2D eigenvalue weighted by molar-refractivity contribution is -0.170. The monoisotopic (exact) mass is 612 g/mol. The number of carboxylic acids is 3. The fourth-order valence-electron chi connectivity index (χ4n) is 4.81. The van der Waals surface area contributed by atoms with E-state index in [4.69, 9.17) is 25.2 Å². The van der Waals surface area contributed by atoms with Gasteiger partial charge in [-0.1, -0.05) is 24.3 Å². The standard InChI is InChI=1S/C24H25FN4O2.C6H8O7/c1-18(30)28-24(20-6-8-21(25)9-7-20)10-14-29(15-11-24)17-19-4-2-5-22(16-19)31-23-26-12-3-13-27-23;7-3(8)1-6(13,5(11)12)2-4(9)10/h2-9,12-13,16H,10-11,14-15,17H2,1H3,(H,28,30);13H,1-2H2,(H,7,8)(H,9,10)(H,11,12). The molecule has 14 heteroatoms. The van der Waals surface area contributed by atoms with Crippen LogP contribution in [0.25, 0.3) is 0 Å². The average Bonchev–Trinajstić information content (AvgIpc) is 2.94. The van der Waals surface area contributed by atoms with Crippen molar-refractivity contribution in [3.05, 3.63) is 83.9 Å². The zero-order chi connectivity index (χ0) is 32.3. The Bertz CT molecular complexity index is 1430. The van der Waals surface area contributed by atoms with Crippen molar-refractivity contribution < 1.29 is 48.7 Å². The highest BCUT2D eigenvalue weighted by Crippen LogP contribution is 2.34. The van der Waals surface area contributed by atoms with Gasteiger partial charge in [0.1, 0.15) is 11.6 Å². The fraction of sp³-hybridized carbons (Fsp3) is 0.333. The van der Waals surface area contributed by atoms with Gasteiger partial charge in [0, 0.05) is 39.0 Å². The van der Waals surface area contributed by atoms with E-state index in [1.165, 1.54) is 19.1 Å². The number of ether oxygens (including phenoxy) is 1. The number of aromatic nitrogens is 2. The Balaban J connectivity index is 0.000000345. The molecule has 5 N–H and O–H groups in total. The van der Waals surface area contributed by atoms with Gasteiger partial charge in [0.25, 0.3) is 0 Å². The van der Waals surface area contributed by atoms with Crippen LogP contribution < -0.4 is 10.1 Å². The number of nitrogens with zero attached hydrogens (tertiary/aromatic N) is 3. The number of rotatable bonds is 11. The maximum Gasteiger partial charge on any atom is 0.336 e. The van der Waals surface area contributed by atoms with Gasteiger partial charge in [-0.3, -0.25) is 19.3 Å². The van der Waals surface area contributed by atoms with E-state index < -0.39 is 41.9 Å². The van der Waals surface area contributed by atoms with Gasteiger partial charge in [0.15, 0.2) is 5.60 Å². The zero-order valence-electron chi connectivity index (χ0n) is 23.9. The molecule has 2 aromatic carbocycles. The molecule has 1 fully saturated rings. The molecule has 1 aromatic heterocycles. The van der Waals surface area contributed by atoms with Gasteiger partial charge in [-0.05, 0) is 54.3 Å². The van der Waals surface area contributed by atoms with E-state index in [9.17, 15) is 23.6 Å². The zero-order valence-corrected chi connectivity index (χ0v) is 23.9. The number of hydrogen-bond acceptors (Lipinski definition) is 9. The van der Waals surface area contributed by atoms with Crippen LogP contribution in [0.15, 0.2) is 67.0 Å². The molecule has 3 aromatic rings. The van der Waals surface area contributed by atoms with Crippen LogP contribution in [0.2, 0.25) is 0 Å². The Morgan fingerprint density at radius 3 is 2.07 bits per heavy atom. The first-order chi connectivity index (χ1) is 20.8. The Hall–Kier alpha value is -4.95. The van der Waals surface area contributed by atoms with Crippen LogP contribution in [-0.4, -0.2) is 77.8 Å². The summed E-state index contributed by atoms with van der Waals surface area (Å²) < 4.78 is 19.1. The highest BCUT2D eigenvalue weighted by molar-refractivity contribution is 5.88. The van der Waals surface area contributed by atoms with Crippen molar-refractivity contribution in [1.29, 1.82) is 0 Å². The number of carbonyl (C=O) groups is 4. The first-order valence-corrected chi connectivity index (χ1v) is 13.5. The van der Waals surface area contributed by atoms with Crippen LogP contribution in [0.3, 0.4) is 0 Å². The topological polar surface area (TPSA) is 199 Å². The number of nitrogens with one attached hydrogen (secondary N) is 1. The highest BCUT2D eigenvalue weighted by atomic mass is 19.1. The molecule has 0 spiro atoms. The maximum absolute atomic E-state index is 13.4. The molecule has 0 aliphatic carbocycles. The molecular formula is C30H33FN4O9. The van der Waals surface area contributed by atoms with Crippen LogP contribution in [0.4, 0.5) is 4.39 Å². The normalized spacial score (nSPS) is 14.4. The Kier molecular flexibility index (Phi) is 11.4. The lowest BCUT2D eigenvalue weighted by Gasteiger charge is -2.42. The molecule has 234 valence electrons. The number of aliphatic hydroxyl groups is 1. The molecule has 44 heavy (non-hydrogen) atoms. The van der Waals surface area contributed by atoms with Gasteiger partial charge in [-0.2, -0.15) is 0 Å². The summed E-state index contributed by atoms with van der Waals surface area (Å²) >= 11 is 0. The Labute approximate surface area is 252 Å². The van der Waals surface area contributed by atoms with Gasteiger partial charge in [0.05, 0.1) is 18.4 Å². The SMILES string of the molecule is CC(=O)NC1(c2ccc(F)cc2)CCN(Cc2cccc(Oc3ncccn3)c2)CC1.O=C(O)CC(O)(CC(=O)O)C(=O)O. The van der Waals surface area contributed by atoms with Crippen LogP contribution >= 0.6 is 0 Å². The van der Waals surface area contributed by atoms with Crippen LogP contribution in [0.5, 0.6) is 11.8 Å². The number of amides is 1. The van der Waals surface area contributed by atoms with Gasteiger partial charge >= 0.3 is 23.9 Å². The number of hydrogen-bond donors (Lipinski definition) is 5. The molecule has 13 nitrogen and oxygen atoms in total. The maximum atomic E-state index is 13.4. The van der Waals surface area contributed by atoms with E-state index in [1.807, 2.05) is 18.2 Å². The van der Waals surface area contributed by atoms with E-state index in [0.29, 0.717) is 11.8 Å². The van der Waals surface area contributed by atoms with Crippen LogP contribution in [0.1, 0.15) is 43.7 Å². The third-order valence-corrected chi connectivity index (χ3v) is 6.86. The van der Waals surface area contributed by atoms with Crippen molar-refractivity contribution in [3.63, 3.8) is 0 Å². The molecule has 0 atom stereocenters. The second-order valence-electron chi connectivity index (χ2n) is 10.3. The molecule has 2 heterocycles. The molecule has 0 radical (unpaired) electrons. The number of benzene rings is 2. The number of carboxylic acid groups (broad SMARTS) is 3. The number of halogens is 1. The third-order valence-electron chi connectivity index (χ3n) is 6.86. The first-order valence-electron chi connectivity index (χ1n) is 13.5. The van der Waals surface area contributed by atoms with Gasteiger partial charge in [-0.25, -0.2) is 19.2 Å². The quantitative estimate of drug-likeness (QED) is 0.212. The number of carbonyl (C=O) groups excluding carboxylic acids is 1. The molecule has 0 unspecified atom stereocenters. The summed E-state index contributed by atoms with van der Waals surface area (Å²) in [6, 6.07) is 16.4.